The molecule has 0 aromatic heterocycles. The Hall–Kier alpha value is -0.640. The van der Waals surface area contributed by atoms with E-state index < -0.39 is 5.54 Å². The minimum absolute atomic E-state index is 0.0863. The molecule has 1 saturated carbocycles. The van der Waals surface area contributed by atoms with Gasteiger partial charge in [-0.15, -0.1) is 0 Å². The van der Waals surface area contributed by atoms with Gasteiger partial charge in [-0.2, -0.15) is 0 Å². The number of hydrogen-bond donors (Lipinski definition) is 2. The highest BCUT2D eigenvalue weighted by atomic mass is 32.1. The maximum Gasteiger partial charge on any atom is 0.223 e. The van der Waals surface area contributed by atoms with Crippen molar-refractivity contribution < 1.29 is 4.79 Å². The Morgan fingerprint density at radius 3 is 2.24 bits per heavy atom. The number of carbonyl (C=O) groups is 1. The Balaban J connectivity index is 2.73. The number of hydrogen-bond acceptors (Lipinski definition) is 2. The van der Waals surface area contributed by atoms with E-state index in [2.05, 4.69) is 5.32 Å². The van der Waals surface area contributed by atoms with E-state index >= 15 is 0 Å². The Bertz CT molecular complexity index is 281. The summed E-state index contributed by atoms with van der Waals surface area (Å²) in [5, 5.41) is 3.13. The fourth-order valence-electron chi connectivity index (χ4n) is 2.59. The largest absolute Gasteiger partial charge is 0.391 e. The first-order valence-electron chi connectivity index (χ1n) is 6.67. The molecule has 0 heterocycles. The molecule has 0 atom stereocenters. The molecule has 0 unspecified atom stereocenters. The lowest BCUT2D eigenvalue weighted by Gasteiger charge is -2.38. The van der Waals surface area contributed by atoms with Crippen LogP contribution in [-0.4, -0.2) is 16.4 Å². The minimum Gasteiger partial charge on any atom is -0.391 e. The number of carbonyl (C=O) groups excluding carboxylic acids is 1. The Morgan fingerprint density at radius 1 is 1.29 bits per heavy atom. The van der Waals surface area contributed by atoms with Crippen LogP contribution < -0.4 is 11.1 Å². The molecule has 1 aliphatic carbocycles. The molecule has 3 nitrogen and oxygen atoms in total. The summed E-state index contributed by atoms with van der Waals surface area (Å²) in [5.74, 6) is 0.202. The number of nitrogens with two attached hydrogens (primary N) is 1. The minimum atomic E-state index is -0.409. The lowest BCUT2D eigenvalue weighted by Crippen LogP contribution is -2.58. The van der Waals surface area contributed by atoms with Crippen molar-refractivity contribution in [2.24, 2.45) is 11.7 Å². The smallest absolute Gasteiger partial charge is 0.223 e. The summed E-state index contributed by atoms with van der Waals surface area (Å²) in [6.07, 6.45) is 6.94. The monoisotopic (exact) mass is 256 g/mol. The van der Waals surface area contributed by atoms with E-state index in [0.717, 1.165) is 38.5 Å². The van der Waals surface area contributed by atoms with Crippen LogP contribution >= 0.6 is 12.2 Å². The molecule has 1 aliphatic rings. The SMILES string of the molecule is CCC(CC)C(=O)NC1(C(N)=S)CCCCC1. The van der Waals surface area contributed by atoms with E-state index in [9.17, 15) is 4.79 Å². The molecule has 0 aromatic carbocycles. The van der Waals surface area contributed by atoms with Crippen LogP contribution in [0.25, 0.3) is 0 Å². The molecule has 1 rings (SSSR count). The molecule has 0 aliphatic heterocycles. The predicted molar refractivity (Wildman–Crippen MR) is 74.8 cm³/mol. The summed E-state index contributed by atoms with van der Waals surface area (Å²) in [7, 11) is 0. The first-order valence-corrected chi connectivity index (χ1v) is 7.08. The standard InChI is InChI=1S/C13H24N2OS/c1-3-10(4-2)11(16)15-13(12(14)17)8-6-5-7-9-13/h10H,3-9H2,1-2H3,(H2,14,17)(H,15,16). The summed E-state index contributed by atoms with van der Waals surface area (Å²) in [6.45, 7) is 4.09. The van der Waals surface area contributed by atoms with E-state index in [1.807, 2.05) is 13.8 Å². The average molecular weight is 256 g/mol. The Kier molecular flexibility index (Phi) is 5.37. The number of amides is 1. The third-order valence-corrected chi connectivity index (χ3v) is 4.29. The van der Waals surface area contributed by atoms with Crippen LogP contribution in [0.2, 0.25) is 0 Å². The molecule has 1 fully saturated rings. The van der Waals surface area contributed by atoms with Crippen molar-refractivity contribution in [1.29, 1.82) is 0 Å². The van der Waals surface area contributed by atoms with Gasteiger partial charge in [0.1, 0.15) is 0 Å². The van der Waals surface area contributed by atoms with Gasteiger partial charge < -0.3 is 11.1 Å². The van der Waals surface area contributed by atoms with Crippen LogP contribution in [0.15, 0.2) is 0 Å². The third-order valence-electron chi connectivity index (χ3n) is 3.90. The van der Waals surface area contributed by atoms with Crippen molar-refractivity contribution in [1.82, 2.24) is 5.32 Å². The molecule has 1 amide bonds. The number of nitrogens with one attached hydrogen (secondary N) is 1. The van der Waals surface area contributed by atoms with E-state index in [-0.39, 0.29) is 11.8 Å². The lowest BCUT2D eigenvalue weighted by molar-refractivity contribution is -0.126. The maximum absolute atomic E-state index is 12.2. The van der Waals surface area contributed by atoms with Gasteiger partial charge in [-0.3, -0.25) is 4.79 Å². The van der Waals surface area contributed by atoms with Crippen molar-refractivity contribution in [3.05, 3.63) is 0 Å². The van der Waals surface area contributed by atoms with E-state index in [1.54, 1.807) is 0 Å². The zero-order chi connectivity index (χ0) is 12.9. The zero-order valence-electron chi connectivity index (χ0n) is 10.9. The van der Waals surface area contributed by atoms with Gasteiger partial charge in [0.2, 0.25) is 5.91 Å². The first kappa shape index (κ1) is 14.4. The van der Waals surface area contributed by atoms with Gasteiger partial charge in [-0.25, -0.2) is 0 Å². The van der Waals surface area contributed by atoms with Gasteiger partial charge in [0.25, 0.3) is 0 Å². The summed E-state index contributed by atoms with van der Waals surface area (Å²) in [6, 6.07) is 0. The first-order chi connectivity index (χ1) is 8.05. The van der Waals surface area contributed by atoms with E-state index in [0.29, 0.717) is 4.99 Å². The number of rotatable bonds is 5. The molecule has 0 aromatic rings. The predicted octanol–water partition coefficient (Wildman–Crippen LogP) is 2.53. The molecular formula is C13H24N2OS. The van der Waals surface area contributed by atoms with E-state index in [1.165, 1.54) is 6.42 Å². The van der Waals surface area contributed by atoms with Gasteiger partial charge in [-0.1, -0.05) is 45.3 Å². The molecule has 3 N–H and O–H groups in total. The van der Waals surface area contributed by atoms with Crippen molar-refractivity contribution >= 4 is 23.1 Å². The quantitative estimate of drug-likeness (QED) is 0.743. The van der Waals surface area contributed by atoms with Gasteiger partial charge in [0, 0.05) is 5.92 Å². The van der Waals surface area contributed by atoms with Gasteiger partial charge in [-0.05, 0) is 25.7 Å². The lowest BCUT2D eigenvalue weighted by atomic mass is 9.81. The summed E-state index contributed by atoms with van der Waals surface area (Å²) in [4.78, 5) is 12.6. The van der Waals surface area contributed by atoms with Gasteiger partial charge >= 0.3 is 0 Å². The highest BCUT2D eigenvalue weighted by Gasteiger charge is 2.37. The highest BCUT2D eigenvalue weighted by Crippen LogP contribution is 2.29. The fraction of sp³-hybridized carbons (Fsp3) is 0.846. The molecule has 0 spiro atoms. The molecular weight excluding hydrogens is 232 g/mol. The summed E-state index contributed by atoms with van der Waals surface area (Å²) in [5.41, 5.74) is 5.44. The molecule has 4 heteroatoms. The van der Waals surface area contributed by atoms with E-state index in [4.69, 9.17) is 18.0 Å². The Morgan fingerprint density at radius 2 is 1.82 bits per heavy atom. The second-order valence-corrected chi connectivity index (χ2v) is 5.45. The van der Waals surface area contributed by atoms with Crippen molar-refractivity contribution in [2.45, 2.75) is 64.3 Å². The van der Waals surface area contributed by atoms with Crippen molar-refractivity contribution in [3.8, 4) is 0 Å². The Labute approximate surface area is 110 Å². The van der Waals surface area contributed by atoms with Crippen molar-refractivity contribution in [2.75, 3.05) is 0 Å². The molecule has 0 radical (unpaired) electrons. The molecule has 17 heavy (non-hydrogen) atoms. The molecule has 98 valence electrons. The van der Waals surface area contributed by atoms with Gasteiger partial charge in [0.15, 0.2) is 0 Å². The molecule has 0 bridgehead atoms. The summed E-state index contributed by atoms with van der Waals surface area (Å²) >= 11 is 5.17. The fourth-order valence-corrected chi connectivity index (χ4v) is 2.84. The highest BCUT2D eigenvalue weighted by molar-refractivity contribution is 7.80. The van der Waals surface area contributed by atoms with Crippen molar-refractivity contribution in [3.63, 3.8) is 0 Å². The number of thiocarbonyl (C=S) groups is 1. The van der Waals surface area contributed by atoms with Crippen LogP contribution in [0.3, 0.4) is 0 Å². The second-order valence-electron chi connectivity index (χ2n) is 5.01. The zero-order valence-corrected chi connectivity index (χ0v) is 11.7. The van der Waals surface area contributed by atoms with Crippen LogP contribution in [0.5, 0.6) is 0 Å². The summed E-state index contributed by atoms with van der Waals surface area (Å²) < 4.78 is 0. The third kappa shape index (κ3) is 3.41. The molecule has 0 saturated heterocycles. The van der Waals surface area contributed by atoms with Crippen LogP contribution in [0.4, 0.5) is 0 Å². The average Bonchev–Trinajstić information content (AvgIpc) is 2.31. The second kappa shape index (κ2) is 6.34. The maximum atomic E-state index is 12.2. The normalized spacial score (nSPS) is 19.0. The van der Waals surface area contributed by atoms with Crippen LogP contribution in [-0.2, 0) is 4.79 Å². The van der Waals surface area contributed by atoms with Gasteiger partial charge in [0.05, 0.1) is 10.5 Å². The van der Waals surface area contributed by atoms with Crippen LogP contribution in [0, 0.1) is 5.92 Å². The van der Waals surface area contributed by atoms with Crippen LogP contribution in [0.1, 0.15) is 58.8 Å². The topological polar surface area (TPSA) is 55.1 Å².